The van der Waals surface area contributed by atoms with Crippen molar-refractivity contribution in [2.45, 2.75) is 26.7 Å². The normalized spacial score (nSPS) is 10.5. The lowest BCUT2D eigenvalue weighted by atomic mass is 10.2. The minimum atomic E-state index is -0.0926. The number of oxazole rings is 1. The maximum atomic E-state index is 12.1. The fraction of sp³-hybridized carbons (Fsp3) is 0.273. The molecule has 1 N–H and O–H groups in total. The van der Waals surface area contributed by atoms with E-state index in [4.69, 9.17) is 13.9 Å². The van der Waals surface area contributed by atoms with E-state index in [-0.39, 0.29) is 12.3 Å². The van der Waals surface area contributed by atoms with Crippen molar-refractivity contribution in [1.29, 1.82) is 0 Å². The van der Waals surface area contributed by atoms with Crippen LogP contribution in [0.25, 0.3) is 11.3 Å². The number of anilines is 1. The number of hydrogen-bond donors (Lipinski definition) is 1. The first-order valence-corrected chi connectivity index (χ1v) is 9.38. The van der Waals surface area contributed by atoms with Gasteiger partial charge in [-0.25, -0.2) is 4.98 Å². The van der Waals surface area contributed by atoms with Gasteiger partial charge in [0.25, 0.3) is 0 Å². The van der Waals surface area contributed by atoms with E-state index >= 15 is 0 Å². The molecule has 6 nitrogen and oxygen atoms in total. The Hall–Kier alpha value is -3.28. The number of amides is 1. The summed E-state index contributed by atoms with van der Waals surface area (Å²) in [5.74, 6) is 2.71. The Balaban J connectivity index is 1.51. The van der Waals surface area contributed by atoms with Crippen LogP contribution in [0.3, 0.4) is 0 Å². The summed E-state index contributed by atoms with van der Waals surface area (Å²) in [7, 11) is 0. The summed E-state index contributed by atoms with van der Waals surface area (Å²) in [6.45, 7) is 5.12. The van der Waals surface area contributed by atoms with E-state index in [2.05, 4.69) is 10.3 Å². The average molecular weight is 380 g/mol. The third-order valence-corrected chi connectivity index (χ3v) is 4.02. The van der Waals surface area contributed by atoms with Gasteiger partial charge in [-0.1, -0.05) is 0 Å². The second-order valence-electron chi connectivity index (χ2n) is 6.08. The summed E-state index contributed by atoms with van der Waals surface area (Å²) in [4.78, 5) is 16.4. The third-order valence-electron chi connectivity index (χ3n) is 4.02. The van der Waals surface area contributed by atoms with Gasteiger partial charge in [0.15, 0.2) is 11.7 Å². The van der Waals surface area contributed by atoms with Crippen LogP contribution < -0.4 is 14.8 Å². The van der Waals surface area contributed by atoms with Crippen LogP contribution in [-0.2, 0) is 11.2 Å². The predicted octanol–water partition coefficient (Wildman–Crippen LogP) is 4.71. The smallest absolute Gasteiger partial charge is 0.224 e. The van der Waals surface area contributed by atoms with E-state index in [0.717, 1.165) is 22.7 Å². The van der Waals surface area contributed by atoms with Crippen molar-refractivity contribution >= 4 is 11.6 Å². The summed E-state index contributed by atoms with van der Waals surface area (Å²) >= 11 is 0. The first-order valence-electron chi connectivity index (χ1n) is 9.38. The van der Waals surface area contributed by atoms with Gasteiger partial charge < -0.3 is 19.2 Å². The number of nitrogens with zero attached hydrogens (tertiary/aromatic N) is 1. The lowest BCUT2D eigenvalue weighted by Crippen LogP contribution is -2.12. The van der Waals surface area contributed by atoms with Crippen molar-refractivity contribution in [2.24, 2.45) is 0 Å². The Morgan fingerprint density at radius 2 is 1.57 bits per heavy atom. The minimum absolute atomic E-state index is 0.0926. The van der Waals surface area contributed by atoms with Crippen molar-refractivity contribution in [1.82, 2.24) is 4.98 Å². The molecule has 0 fully saturated rings. The van der Waals surface area contributed by atoms with Crippen molar-refractivity contribution in [3.8, 4) is 22.8 Å². The molecule has 0 aliphatic heterocycles. The Bertz CT molecular complexity index is 886. The van der Waals surface area contributed by atoms with Crippen LogP contribution in [0.1, 0.15) is 26.2 Å². The van der Waals surface area contributed by atoms with E-state index in [1.165, 1.54) is 0 Å². The number of hydrogen-bond acceptors (Lipinski definition) is 5. The van der Waals surface area contributed by atoms with E-state index < -0.39 is 0 Å². The number of ether oxygens (including phenoxy) is 2. The molecule has 3 aromatic rings. The highest BCUT2D eigenvalue weighted by molar-refractivity contribution is 5.90. The monoisotopic (exact) mass is 380 g/mol. The van der Waals surface area contributed by atoms with E-state index in [1.807, 2.05) is 62.4 Å². The summed E-state index contributed by atoms with van der Waals surface area (Å²) < 4.78 is 16.6. The molecule has 0 saturated heterocycles. The van der Waals surface area contributed by atoms with Gasteiger partial charge >= 0.3 is 0 Å². The zero-order valence-electron chi connectivity index (χ0n) is 16.1. The molecule has 0 aliphatic carbocycles. The van der Waals surface area contributed by atoms with Gasteiger partial charge in [-0.2, -0.15) is 0 Å². The number of carbonyl (C=O) groups excluding carboxylic acids is 1. The maximum absolute atomic E-state index is 12.1. The molecule has 3 rings (SSSR count). The second kappa shape index (κ2) is 9.60. The largest absolute Gasteiger partial charge is 0.494 e. The number of nitrogens with one attached hydrogen (secondary N) is 1. The Kier molecular flexibility index (Phi) is 6.68. The average Bonchev–Trinajstić information content (AvgIpc) is 3.18. The van der Waals surface area contributed by atoms with Crippen LogP contribution in [0.2, 0.25) is 0 Å². The van der Waals surface area contributed by atoms with Crippen molar-refractivity contribution in [2.75, 3.05) is 18.5 Å². The zero-order chi connectivity index (χ0) is 19.8. The summed E-state index contributed by atoms with van der Waals surface area (Å²) in [6.07, 6.45) is 2.39. The maximum Gasteiger partial charge on any atom is 0.224 e. The lowest BCUT2D eigenvalue weighted by Gasteiger charge is -2.06. The molecule has 0 unspecified atom stereocenters. The summed E-state index contributed by atoms with van der Waals surface area (Å²) in [5.41, 5.74) is 1.65. The van der Waals surface area contributed by atoms with Crippen molar-refractivity contribution < 1.29 is 18.7 Å². The quantitative estimate of drug-likeness (QED) is 0.582. The molecule has 1 heterocycles. The van der Waals surface area contributed by atoms with Crippen LogP contribution in [0, 0.1) is 0 Å². The number of carbonyl (C=O) groups is 1. The number of benzene rings is 2. The predicted molar refractivity (Wildman–Crippen MR) is 108 cm³/mol. The molecule has 6 heteroatoms. The van der Waals surface area contributed by atoms with Gasteiger partial charge in [0.1, 0.15) is 11.5 Å². The SMILES string of the molecule is CCOc1ccc(NC(=O)CCc2ncc(-c3ccc(OCC)cc3)o2)cc1. The Labute approximate surface area is 164 Å². The van der Waals surface area contributed by atoms with Gasteiger partial charge in [-0.3, -0.25) is 4.79 Å². The van der Waals surface area contributed by atoms with E-state index in [9.17, 15) is 4.79 Å². The summed E-state index contributed by atoms with van der Waals surface area (Å²) in [6, 6.07) is 14.9. The highest BCUT2D eigenvalue weighted by Gasteiger charge is 2.10. The number of aryl methyl sites for hydroxylation is 1. The molecule has 1 amide bonds. The number of aromatic nitrogens is 1. The van der Waals surface area contributed by atoms with Crippen molar-refractivity contribution in [3.63, 3.8) is 0 Å². The Morgan fingerprint density at radius 1 is 0.964 bits per heavy atom. The summed E-state index contributed by atoms with van der Waals surface area (Å²) in [5, 5.41) is 2.86. The number of rotatable bonds is 9. The second-order valence-corrected chi connectivity index (χ2v) is 6.08. The molecular formula is C22H24N2O4. The molecule has 0 radical (unpaired) electrons. The first kappa shape index (κ1) is 19.5. The van der Waals surface area contributed by atoms with E-state index in [1.54, 1.807) is 6.20 Å². The highest BCUT2D eigenvalue weighted by atomic mass is 16.5. The van der Waals surface area contributed by atoms with Crippen LogP contribution in [0.4, 0.5) is 5.69 Å². The van der Waals surface area contributed by atoms with Gasteiger partial charge in [-0.15, -0.1) is 0 Å². The molecule has 0 bridgehead atoms. The van der Waals surface area contributed by atoms with Gasteiger partial charge in [0.2, 0.25) is 5.91 Å². The van der Waals surface area contributed by atoms with Gasteiger partial charge in [0, 0.05) is 24.1 Å². The molecule has 0 atom stereocenters. The van der Waals surface area contributed by atoms with Gasteiger partial charge in [0.05, 0.1) is 19.4 Å². The van der Waals surface area contributed by atoms with Gasteiger partial charge in [-0.05, 0) is 62.4 Å². The van der Waals surface area contributed by atoms with Crippen LogP contribution in [-0.4, -0.2) is 24.1 Å². The standard InChI is InChI=1S/C22H24N2O4/c1-3-26-18-9-5-16(6-10-18)20-15-23-22(28-20)14-13-21(25)24-17-7-11-19(12-8-17)27-4-2/h5-12,15H,3-4,13-14H2,1-2H3,(H,24,25). The molecule has 0 saturated carbocycles. The minimum Gasteiger partial charge on any atom is -0.494 e. The topological polar surface area (TPSA) is 73.6 Å². The van der Waals surface area contributed by atoms with Crippen LogP contribution in [0.15, 0.2) is 59.1 Å². The molecule has 146 valence electrons. The molecular weight excluding hydrogens is 356 g/mol. The van der Waals surface area contributed by atoms with E-state index in [0.29, 0.717) is 31.3 Å². The molecule has 0 spiro atoms. The van der Waals surface area contributed by atoms with Crippen molar-refractivity contribution in [3.05, 3.63) is 60.6 Å². The third kappa shape index (κ3) is 5.36. The first-order chi connectivity index (χ1) is 13.7. The molecule has 2 aromatic carbocycles. The van der Waals surface area contributed by atoms with Crippen LogP contribution in [0.5, 0.6) is 11.5 Å². The Morgan fingerprint density at radius 3 is 2.18 bits per heavy atom. The lowest BCUT2D eigenvalue weighted by molar-refractivity contribution is -0.116. The molecule has 0 aliphatic rings. The zero-order valence-corrected chi connectivity index (χ0v) is 16.1. The fourth-order valence-electron chi connectivity index (χ4n) is 2.69. The highest BCUT2D eigenvalue weighted by Crippen LogP contribution is 2.24. The van der Waals surface area contributed by atoms with Crippen LogP contribution >= 0.6 is 0 Å². The molecule has 28 heavy (non-hydrogen) atoms. The molecule has 1 aromatic heterocycles. The fourth-order valence-corrected chi connectivity index (χ4v) is 2.69.